The van der Waals surface area contributed by atoms with Gasteiger partial charge in [-0.1, -0.05) is 25.5 Å². The fourth-order valence-electron chi connectivity index (χ4n) is 1.77. The van der Waals surface area contributed by atoms with Gasteiger partial charge in [0.05, 0.1) is 6.61 Å². The van der Waals surface area contributed by atoms with Crippen LogP contribution in [0.15, 0.2) is 29.8 Å². The van der Waals surface area contributed by atoms with E-state index in [4.69, 9.17) is 17.0 Å². The molecule has 1 saturated heterocycles. The summed E-state index contributed by atoms with van der Waals surface area (Å²) in [5.74, 6) is -0.219. The number of carbonyl (C=O) groups is 2. The van der Waals surface area contributed by atoms with Crippen molar-refractivity contribution in [2.45, 2.75) is 19.8 Å². The maximum absolute atomic E-state index is 11.7. The lowest BCUT2D eigenvalue weighted by molar-refractivity contribution is -0.123. The van der Waals surface area contributed by atoms with E-state index in [1.807, 2.05) is 12.1 Å². The highest BCUT2D eigenvalue weighted by Crippen LogP contribution is 2.16. The molecule has 2 rings (SSSR count). The van der Waals surface area contributed by atoms with Crippen LogP contribution in [-0.2, 0) is 9.59 Å². The molecule has 0 saturated carbocycles. The van der Waals surface area contributed by atoms with Gasteiger partial charge < -0.3 is 4.74 Å². The van der Waals surface area contributed by atoms with Gasteiger partial charge in [-0.15, -0.1) is 0 Å². The summed E-state index contributed by atoms with van der Waals surface area (Å²) in [4.78, 5) is 23.4. The number of rotatable bonds is 5. The van der Waals surface area contributed by atoms with Gasteiger partial charge in [0.2, 0.25) is 0 Å². The van der Waals surface area contributed by atoms with E-state index in [1.165, 1.54) is 6.08 Å². The summed E-state index contributed by atoms with van der Waals surface area (Å²) in [6.07, 6.45) is 3.60. The van der Waals surface area contributed by atoms with Gasteiger partial charge in [0.25, 0.3) is 11.8 Å². The smallest absolute Gasteiger partial charge is 0.263 e. The minimum Gasteiger partial charge on any atom is -0.494 e. The Labute approximate surface area is 128 Å². The Bertz CT molecular complexity index is 571. The lowest BCUT2D eigenvalue weighted by Gasteiger charge is -2.16. The number of benzene rings is 1. The first-order valence-electron chi connectivity index (χ1n) is 6.71. The molecule has 0 radical (unpaired) electrons. The standard InChI is InChI=1S/C15H16N2O3S/c1-2-3-8-20-11-6-4-10(5-7-11)9-12-13(18)16-15(21)17-14(12)19/h4-7,9H,2-3,8H2,1H3,(H2,16,17,18,19,21). The highest BCUT2D eigenvalue weighted by molar-refractivity contribution is 7.80. The van der Waals surface area contributed by atoms with Crippen LogP contribution in [0.4, 0.5) is 0 Å². The topological polar surface area (TPSA) is 67.4 Å². The first-order valence-corrected chi connectivity index (χ1v) is 7.12. The molecular weight excluding hydrogens is 288 g/mol. The molecule has 6 heteroatoms. The van der Waals surface area contributed by atoms with E-state index in [0.29, 0.717) is 6.61 Å². The van der Waals surface area contributed by atoms with Gasteiger partial charge in [0, 0.05) is 0 Å². The average molecular weight is 304 g/mol. The van der Waals surface area contributed by atoms with Gasteiger partial charge in [0.1, 0.15) is 11.3 Å². The number of hydrogen-bond donors (Lipinski definition) is 2. The zero-order valence-electron chi connectivity index (χ0n) is 11.6. The molecule has 0 spiro atoms. The van der Waals surface area contributed by atoms with E-state index in [0.717, 1.165) is 24.2 Å². The summed E-state index contributed by atoms with van der Waals surface area (Å²) in [6.45, 7) is 2.78. The molecule has 1 aromatic rings. The normalized spacial score (nSPS) is 14.5. The van der Waals surface area contributed by atoms with Crippen LogP contribution >= 0.6 is 12.2 Å². The maximum atomic E-state index is 11.7. The van der Waals surface area contributed by atoms with Crippen molar-refractivity contribution in [3.05, 3.63) is 35.4 Å². The number of nitrogens with one attached hydrogen (secondary N) is 2. The third-order valence-corrected chi connectivity index (χ3v) is 3.11. The molecule has 110 valence electrons. The monoisotopic (exact) mass is 304 g/mol. The molecule has 2 amide bonds. The average Bonchev–Trinajstić information content (AvgIpc) is 2.44. The zero-order chi connectivity index (χ0) is 15.2. The van der Waals surface area contributed by atoms with Crippen LogP contribution in [0.5, 0.6) is 5.75 Å². The van der Waals surface area contributed by atoms with E-state index in [-0.39, 0.29) is 10.7 Å². The molecule has 5 nitrogen and oxygen atoms in total. The molecule has 1 aliphatic heterocycles. The summed E-state index contributed by atoms with van der Waals surface area (Å²) < 4.78 is 5.55. The van der Waals surface area contributed by atoms with E-state index in [9.17, 15) is 9.59 Å². The predicted molar refractivity (Wildman–Crippen MR) is 83.7 cm³/mol. The van der Waals surface area contributed by atoms with Gasteiger partial charge in [-0.3, -0.25) is 20.2 Å². The van der Waals surface area contributed by atoms with Gasteiger partial charge in [-0.05, 0) is 42.4 Å². The molecule has 0 aromatic heterocycles. The summed E-state index contributed by atoms with van der Waals surface area (Å²) in [5, 5.41) is 4.82. The second kappa shape index (κ2) is 6.99. The Hall–Kier alpha value is -2.21. The van der Waals surface area contributed by atoms with Gasteiger partial charge >= 0.3 is 0 Å². The van der Waals surface area contributed by atoms with Crippen LogP contribution in [0, 0.1) is 0 Å². The Balaban J connectivity index is 2.08. The predicted octanol–water partition coefficient (Wildman–Crippen LogP) is 1.78. The molecular formula is C15H16N2O3S. The molecule has 0 bridgehead atoms. The first-order chi connectivity index (χ1) is 10.1. The van der Waals surface area contributed by atoms with Crippen molar-refractivity contribution in [1.29, 1.82) is 0 Å². The van der Waals surface area contributed by atoms with Crippen LogP contribution in [0.1, 0.15) is 25.3 Å². The third-order valence-electron chi connectivity index (χ3n) is 2.90. The summed E-state index contributed by atoms with van der Waals surface area (Å²) >= 11 is 4.74. The van der Waals surface area contributed by atoms with Crippen LogP contribution in [0.3, 0.4) is 0 Å². The highest BCUT2D eigenvalue weighted by atomic mass is 32.1. The van der Waals surface area contributed by atoms with Crippen molar-refractivity contribution in [3.8, 4) is 5.75 Å². The second-order valence-electron chi connectivity index (χ2n) is 4.57. The lowest BCUT2D eigenvalue weighted by Crippen LogP contribution is -2.51. The third kappa shape index (κ3) is 4.13. The van der Waals surface area contributed by atoms with Crippen LogP contribution in [0.2, 0.25) is 0 Å². The van der Waals surface area contributed by atoms with Gasteiger partial charge in [-0.2, -0.15) is 0 Å². The fraction of sp³-hybridized carbons (Fsp3) is 0.267. The van der Waals surface area contributed by atoms with E-state index < -0.39 is 11.8 Å². The SMILES string of the molecule is CCCCOc1ccc(C=C2C(=O)NC(=S)NC2=O)cc1. The quantitative estimate of drug-likeness (QED) is 0.377. The van der Waals surface area contributed by atoms with Crippen molar-refractivity contribution in [2.75, 3.05) is 6.61 Å². The van der Waals surface area contributed by atoms with Gasteiger partial charge in [-0.25, -0.2) is 0 Å². The van der Waals surface area contributed by atoms with Crippen molar-refractivity contribution in [2.24, 2.45) is 0 Å². The van der Waals surface area contributed by atoms with E-state index >= 15 is 0 Å². The molecule has 1 aromatic carbocycles. The molecule has 2 N–H and O–H groups in total. The Kier molecular flexibility index (Phi) is 5.05. The number of carbonyl (C=O) groups excluding carboxylic acids is 2. The molecule has 21 heavy (non-hydrogen) atoms. The second-order valence-corrected chi connectivity index (χ2v) is 4.97. The Morgan fingerprint density at radius 1 is 1.14 bits per heavy atom. The van der Waals surface area contributed by atoms with E-state index in [1.54, 1.807) is 12.1 Å². The first kappa shape index (κ1) is 15.2. The largest absolute Gasteiger partial charge is 0.494 e. The van der Waals surface area contributed by atoms with Crippen molar-refractivity contribution < 1.29 is 14.3 Å². The summed E-state index contributed by atoms with van der Waals surface area (Å²) in [5.41, 5.74) is 0.772. The zero-order valence-corrected chi connectivity index (χ0v) is 12.5. The molecule has 0 atom stereocenters. The number of ether oxygens (including phenoxy) is 1. The Morgan fingerprint density at radius 2 is 1.76 bits per heavy atom. The van der Waals surface area contributed by atoms with Crippen molar-refractivity contribution in [1.82, 2.24) is 10.6 Å². The minimum atomic E-state index is -0.493. The number of unbranched alkanes of at least 4 members (excludes halogenated alkanes) is 1. The molecule has 1 fully saturated rings. The lowest BCUT2D eigenvalue weighted by atomic mass is 10.1. The van der Waals surface area contributed by atoms with Crippen molar-refractivity contribution >= 4 is 35.2 Å². The fourth-order valence-corrected chi connectivity index (χ4v) is 1.95. The number of hydrogen-bond acceptors (Lipinski definition) is 4. The molecule has 0 aliphatic carbocycles. The number of amides is 2. The number of thiocarbonyl (C=S) groups is 1. The minimum absolute atomic E-state index is 0.0295. The maximum Gasteiger partial charge on any atom is 0.263 e. The van der Waals surface area contributed by atoms with Gasteiger partial charge in [0.15, 0.2) is 5.11 Å². The summed E-state index contributed by atoms with van der Waals surface area (Å²) in [7, 11) is 0. The Morgan fingerprint density at radius 3 is 2.33 bits per heavy atom. The summed E-state index contributed by atoms with van der Waals surface area (Å²) in [6, 6.07) is 7.21. The molecule has 0 unspecified atom stereocenters. The molecule has 1 aliphatic rings. The molecule has 1 heterocycles. The van der Waals surface area contributed by atoms with E-state index in [2.05, 4.69) is 17.6 Å². The van der Waals surface area contributed by atoms with Crippen LogP contribution in [0.25, 0.3) is 6.08 Å². The van der Waals surface area contributed by atoms with Crippen LogP contribution in [-0.4, -0.2) is 23.5 Å². The van der Waals surface area contributed by atoms with Crippen molar-refractivity contribution in [3.63, 3.8) is 0 Å². The van der Waals surface area contributed by atoms with Crippen LogP contribution < -0.4 is 15.4 Å². The highest BCUT2D eigenvalue weighted by Gasteiger charge is 2.25.